The van der Waals surface area contributed by atoms with Gasteiger partial charge in [0.1, 0.15) is 5.75 Å². The molecule has 0 unspecified atom stereocenters. The molecular weight excluding hydrogens is 134 g/mol. The van der Waals surface area contributed by atoms with Crippen LogP contribution in [0.1, 0.15) is 2.85 Å². The quantitative estimate of drug-likeness (QED) is 0.363. The topological polar surface area (TPSA) is 20.2 Å². The van der Waals surface area contributed by atoms with Gasteiger partial charge in [-0.05, 0) is 12.1 Å². The van der Waals surface area contributed by atoms with Crippen LogP contribution >= 0.6 is 0 Å². The van der Waals surface area contributed by atoms with Gasteiger partial charge in [-0.25, -0.2) is 0 Å². The molecule has 1 nitrogen and oxygen atoms in total. The monoisotopic (exact) mass is 142 g/mol. The van der Waals surface area contributed by atoms with Crippen LogP contribution in [-0.2, 0) is 0 Å². The molecule has 0 aromatic heterocycles. The van der Waals surface area contributed by atoms with Gasteiger partial charge in [0.15, 0.2) is 0 Å². The Morgan fingerprint density at radius 2 is 1.44 bits per heavy atom. The van der Waals surface area contributed by atoms with Crippen LogP contribution in [0.5, 0.6) is 5.75 Å². The molecule has 0 amide bonds. The van der Waals surface area contributed by atoms with Gasteiger partial charge in [0.2, 0.25) is 0 Å². The largest absolute Gasteiger partial charge is 1.00 e. The van der Waals surface area contributed by atoms with Crippen molar-refractivity contribution in [3.05, 3.63) is 30.3 Å². The number of rotatable bonds is 0. The molecule has 0 spiro atoms. The van der Waals surface area contributed by atoms with Crippen molar-refractivity contribution in [1.29, 1.82) is 0 Å². The van der Waals surface area contributed by atoms with Crippen LogP contribution in [0.25, 0.3) is 0 Å². The average molecular weight is 142 g/mol. The van der Waals surface area contributed by atoms with Gasteiger partial charge in [0.05, 0.1) is 0 Å². The third kappa shape index (κ3) is 5.46. The molecule has 1 rings (SSSR count). The van der Waals surface area contributed by atoms with Crippen LogP contribution in [0.3, 0.4) is 0 Å². The van der Waals surface area contributed by atoms with Crippen molar-refractivity contribution in [1.82, 2.24) is 0 Å². The third-order valence-corrected chi connectivity index (χ3v) is 0.756. The minimum atomic E-state index is 0. The Morgan fingerprint density at radius 1 is 1.00 bits per heavy atom. The number of aromatic hydroxyl groups is 1. The summed E-state index contributed by atoms with van der Waals surface area (Å²) in [6.07, 6.45) is 0. The molecule has 1 aromatic carbocycles. The fourth-order valence-corrected chi connectivity index (χ4v) is 0.428. The molecule has 0 aliphatic carbocycles. The van der Waals surface area contributed by atoms with Gasteiger partial charge in [-0.2, -0.15) is 0 Å². The second-order valence-electron chi connectivity index (χ2n) is 1.34. The zero-order valence-electron chi connectivity index (χ0n) is 7.83. The van der Waals surface area contributed by atoms with Crippen molar-refractivity contribution in [2.24, 2.45) is 0 Å². The van der Waals surface area contributed by atoms with E-state index >= 15 is 0 Å². The molecule has 0 aliphatic heterocycles. The number of hydrogen-bond acceptors (Lipinski definition) is 1. The first-order valence-corrected chi connectivity index (χ1v) is 2.13. The molecule has 0 atom stereocenters. The second-order valence-corrected chi connectivity index (χ2v) is 1.34. The Morgan fingerprint density at radius 3 is 1.67 bits per heavy atom. The maximum absolute atomic E-state index is 8.63. The van der Waals surface area contributed by atoms with E-state index in [0.29, 0.717) is 5.75 Å². The van der Waals surface area contributed by atoms with Crippen molar-refractivity contribution in [2.75, 3.05) is 0 Å². The van der Waals surface area contributed by atoms with E-state index in [1.54, 1.807) is 24.3 Å². The Bertz CT molecular complexity index is 149. The Kier molecular flexibility index (Phi) is 10.0. The SMILES string of the molecule is Oc1ccccc1.[H-].[H-].[Na+].[Na+]. The van der Waals surface area contributed by atoms with Gasteiger partial charge < -0.3 is 7.96 Å². The molecule has 9 heavy (non-hydrogen) atoms. The summed E-state index contributed by atoms with van der Waals surface area (Å²) in [5, 5.41) is 8.63. The van der Waals surface area contributed by atoms with Crippen LogP contribution in [0.15, 0.2) is 30.3 Å². The zero-order chi connectivity index (χ0) is 5.11. The van der Waals surface area contributed by atoms with Crippen molar-refractivity contribution in [2.45, 2.75) is 0 Å². The standard InChI is InChI=1S/C6H6O.2Na.2H/c7-6-4-2-1-3-5-6;;;;/h1-5,7H;;;;/q;2*+1;2*-1. The van der Waals surface area contributed by atoms with Gasteiger partial charge in [0.25, 0.3) is 0 Å². The number of phenolic OH excluding ortho intramolecular Hbond substituents is 1. The van der Waals surface area contributed by atoms with E-state index in [9.17, 15) is 0 Å². The number of para-hydroxylation sites is 1. The van der Waals surface area contributed by atoms with Crippen molar-refractivity contribution >= 4 is 0 Å². The molecule has 0 aliphatic rings. The molecular formula is C6H8Na2O. The van der Waals surface area contributed by atoms with E-state index in [4.69, 9.17) is 5.11 Å². The van der Waals surface area contributed by atoms with Crippen LogP contribution in [0, 0.1) is 0 Å². The van der Waals surface area contributed by atoms with Gasteiger partial charge in [-0.3, -0.25) is 0 Å². The van der Waals surface area contributed by atoms with Crippen molar-refractivity contribution < 1.29 is 67.1 Å². The van der Waals surface area contributed by atoms with Gasteiger partial charge >= 0.3 is 59.1 Å². The molecule has 0 heterocycles. The molecule has 0 bridgehead atoms. The summed E-state index contributed by atoms with van der Waals surface area (Å²) in [5.41, 5.74) is 0. The molecule has 1 N–H and O–H groups in total. The molecule has 1 aromatic rings. The summed E-state index contributed by atoms with van der Waals surface area (Å²) in [6, 6.07) is 8.71. The Balaban J connectivity index is -0.0000000612. The summed E-state index contributed by atoms with van der Waals surface area (Å²) in [7, 11) is 0. The normalized spacial score (nSPS) is 6.67. The minimum absolute atomic E-state index is 0. The van der Waals surface area contributed by atoms with Crippen molar-refractivity contribution in [3.63, 3.8) is 0 Å². The fourth-order valence-electron chi connectivity index (χ4n) is 0.428. The number of hydrogen-bond donors (Lipinski definition) is 1. The molecule has 0 saturated carbocycles. The maximum atomic E-state index is 8.63. The van der Waals surface area contributed by atoms with E-state index in [1.807, 2.05) is 6.07 Å². The Labute approximate surface area is 102 Å². The number of benzene rings is 1. The first-order valence-electron chi connectivity index (χ1n) is 2.13. The fraction of sp³-hybridized carbons (Fsp3) is 0. The van der Waals surface area contributed by atoms with E-state index in [1.165, 1.54) is 0 Å². The second kappa shape index (κ2) is 7.13. The maximum Gasteiger partial charge on any atom is 1.00 e. The summed E-state index contributed by atoms with van der Waals surface area (Å²) in [6.45, 7) is 0. The smallest absolute Gasteiger partial charge is 1.00 e. The first kappa shape index (κ1) is 12.7. The van der Waals surface area contributed by atoms with Gasteiger partial charge in [0, 0.05) is 0 Å². The van der Waals surface area contributed by atoms with E-state index in [-0.39, 0.29) is 62.0 Å². The van der Waals surface area contributed by atoms with Crippen LogP contribution in [0.4, 0.5) is 0 Å². The zero-order valence-corrected chi connectivity index (χ0v) is 9.83. The molecule has 40 valence electrons. The summed E-state index contributed by atoms with van der Waals surface area (Å²) in [5.74, 6) is 0.322. The van der Waals surface area contributed by atoms with E-state index < -0.39 is 0 Å². The van der Waals surface area contributed by atoms with Gasteiger partial charge in [-0.15, -0.1) is 0 Å². The average Bonchev–Trinajstić information content (AvgIpc) is 1.69. The van der Waals surface area contributed by atoms with Crippen LogP contribution < -0.4 is 59.1 Å². The van der Waals surface area contributed by atoms with Crippen molar-refractivity contribution in [3.8, 4) is 5.75 Å². The van der Waals surface area contributed by atoms with E-state index in [2.05, 4.69) is 0 Å². The first-order chi connectivity index (χ1) is 3.39. The molecule has 0 saturated heterocycles. The van der Waals surface area contributed by atoms with E-state index in [0.717, 1.165) is 0 Å². The van der Waals surface area contributed by atoms with Crippen LogP contribution in [-0.4, -0.2) is 5.11 Å². The van der Waals surface area contributed by atoms with Gasteiger partial charge in [-0.1, -0.05) is 18.2 Å². The third-order valence-electron chi connectivity index (χ3n) is 0.756. The summed E-state index contributed by atoms with van der Waals surface area (Å²) < 4.78 is 0. The number of phenols is 1. The minimum Gasteiger partial charge on any atom is -1.00 e. The molecule has 0 fully saturated rings. The Hall–Kier alpha value is 1.02. The summed E-state index contributed by atoms with van der Waals surface area (Å²) >= 11 is 0. The molecule has 3 heteroatoms. The summed E-state index contributed by atoms with van der Waals surface area (Å²) in [4.78, 5) is 0. The van der Waals surface area contributed by atoms with Crippen LogP contribution in [0.2, 0.25) is 0 Å². The predicted molar refractivity (Wildman–Crippen MR) is 30.3 cm³/mol. The molecule has 0 radical (unpaired) electrons. The predicted octanol–water partition coefficient (Wildman–Crippen LogP) is -4.37.